The van der Waals surface area contributed by atoms with Crippen molar-refractivity contribution >= 4 is 74.3 Å². The predicted octanol–water partition coefficient (Wildman–Crippen LogP) is 15.5. The molecule has 6 heteroatoms. The lowest BCUT2D eigenvalue weighted by Crippen LogP contribution is -2.61. The van der Waals surface area contributed by atoms with Crippen LogP contribution in [0.25, 0.3) is 33.6 Å². The fraction of sp³-hybridized carbons (Fsp3) is 0.147. The lowest BCUT2D eigenvalue weighted by atomic mass is 9.33. The van der Waals surface area contributed by atoms with Gasteiger partial charge in [0.1, 0.15) is 0 Å². The lowest BCUT2D eigenvalue weighted by Gasteiger charge is -2.51. The summed E-state index contributed by atoms with van der Waals surface area (Å²) < 4.78 is 0. The zero-order chi connectivity index (χ0) is 48.9. The third-order valence-electron chi connectivity index (χ3n) is 17.4. The first kappa shape index (κ1) is 43.1. The highest BCUT2D eigenvalue weighted by atomic mass is 15.2. The summed E-state index contributed by atoms with van der Waals surface area (Å²) in [5.74, 6) is 2.13. The van der Waals surface area contributed by atoms with Crippen LogP contribution < -0.4 is 31.1 Å². The van der Waals surface area contributed by atoms with Gasteiger partial charge < -0.3 is 14.7 Å². The summed E-state index contributed by atoms with van der Waals surface area (Å²) in [5.41, 5.74) is 24.1. The summed E-state index contributed by atoms with van der Waals surface area (Å²) in [6.45, 7) is 2.44. The van der Waals surface area contributed by atoms with Gasteiger partial charge in [0.2, 0.25) is 0 Å². The number of hydrogen-bond acceptors (Lipinski definition) is 5. The van der Waals surface area contributed by atoms with Crippen molar-refractivity contribution in [3.63, 3.8) is 0 Å². The molecule has 0 saturated heterocycles. The topological polar surface area (TPSA) is 35.5 Å². The number of hydrogen-bond donors (Lipinski definition) is 0. The normalized spacial score (nSPS) is 19.5. The van der Waals surface area contributed by atoms with E-state index < -0.39 is 0 Å². The van der Waals surface area contributed by atoms with Gasteiger partial charge in [-0.3, -0.25) is 9.97 Å². The van der Waals surface area contributed by atoms with Crippen LogP contribution >= 0.6 is 0 Å². The van der Waals surface area contributed by atoms with Crippen LogP contribution in [0.3, 0.4) is 0 Å². The van der Waals surface area contributed by atoms with E-state index in [2.05, 4.69) is 228 Å². The fourth-order valence-electron chi connectivity index (χ4n) is 14.6. The minimum absolute atomic E-state index is 0.0382. The molecule has 4 unspecified atom stereocenters. The molecule has 2 fully saturated rings. The van der Waals surface area contributed by atoms with Crippen molar-refractivity contribution in [3.8, 4) is 33.6 Å². The Morgan fingerprint density at radius 1 is 0.446 bits per heavy atom. The van der Waals surface area contributed by atoms with Crippen LogP contribution in [0.5, 0.6) is 0 Å². The second kappa shape index (κ2) is 17.1. The van der Waals surface area contributed by atoms with E-state index in [1.165, 1.54) is 76.6 Å². The number of benzene rings is 8. The van der Waals surface area contributed by atoms with Gasteiger partial charge in [-0.15, -0.1) is 0 Å². The summed E-state index contributed by atoms with van der Waals surface area (Å²) >= 11 is 0. The van der Waals surface area contributed by atoms with Crippen molar-refractivity contribution in [3.05, 3.63) is 242 Å². The Kier molecular flexibility index (Phi) is 9.95. The Hall–Kier alpha value is -8.48. The molecule has 5 aliphatic rings. The highest BCUT2D eigenvalue weighted by Gasteiger charge is 2.54. The van der Waals surface area contributed by atoms with E-state index in [0.717, 1.165) is 74.2 Å². The monoisotopic (exact) mass is 951 g/mol. The minimum atomic E-state index is -0.0774. The Balaban J connectivity index is 1.04. The maximum atomic E-state index is 5.00. The zero-order valence-corrected chi connectivity index (χ0v) is 41.5. The van der Waals surface area contributed by atoms with Gasteiger partial charge in [0.25, 0.3) is 6.71 Å². The molecule has 3 aliphatic carbocycles. The predicted molar refractivity (Wildman–Crippen MR) is 307 cm³/mol. The van der Waals surface area contributed by atoms with Gasteiger partial charge in [-0.1, -0.05) is 134 Å². The average molecular weight is 952 g/mol. The van der Waals surface area contributed by atoms with Gasteiger partial charge in [0.15, 0.2) is 0 Å². The zero-order valence-electron chi connectivity index (χ0n) is 41.5. The molecule has 1 spiro atoms. The fourth-order valence-corrected chi connectivity index (χ4v) is 14.6. The third-order valence-corrected chi connectivity index (χ3v) is 17.4. The maximum absolute atomic E-state index is 5.00. The molecule has 10 aromatic rings. The molecule has 354 valence electrons. The molecule has 2 saturated carbocycles. The van der Waals surface area contributed by atoms with Gasteiger partial charge in [0.05, 0.1) is 22.8 Å². The first-order valence-electron chi connectivity index (χ1n) is 26.7. The largest absolute Gasteiger partial charge is 0.311 e. The molecule has 2 aliphatic heterocycles. The van der Waals surface area contributed by atoms with Crippen molar-refractivity contribution < 1.29 is 0 Å². The van der Waals surface area contributed by atoms with E-state index in [9.17, 15) is 0 Å². The molecule has 4 heterocycles. The van der Waals surface area contributed by atoms with E-state index in [1.54, 1.807) is 5.56 Å². The van der Waals surface area contributed by atoms with E-state index in [0.29, 0.717) is 5.92 Å². The highest BCUT2D eigenvalue weighted by molar-refractivity contribution is 7.00. The van der Waals surface area contributed by atoms with Crippen molar-refractivity contribution in [2.24, 2.45) is 17.8 Å². The first-order valence-corrected chi connectivity index (χ1v) is 26.7. The van der Waals surface area contributed by atoms with Crippen molar-refractivity contribution in [1.82, 2.24) is 9.97 Å². The summed E-state index contributed by atoms with van der Waals surface area (Å²) in [5, 5.41) is 0. The average Bonchev–Trinajstić information content (AvgIpc) is 3.84. The van der Waals surface area contributed by atoms with Crippen LogP contribution in [0.15, 0.2) is 231 Å². The number of pyridine rings is 2. The number of anilines is 9. The molecule has 4 atom stereocenters. The van der Waals surface area contributed by atoms with Gasteiger partial charge in [-0.05, 0) is 179 Å². The third kappa shape index (κ3) is 6.50. The van der Waals surface area contributed by atoms with Gasteiger partial charge in [-0.2, -0.15) is 0 Å². The van der Waals surface area contributed by atoms with Crippen LogP contribution in [-0.4, -0.2) is 16.7 Å². The molecule has 0 amide bonds. The standard InChI is InChI=1S/C68H54BN5/c1-45-39-46-35-36-68(47(40-45)41-46)55-26-11-8-23-51(55)54-43-66-58(44-56(54)68)69-57-34-33-50(72(48-19-4-2-5-20-48)49-21-6-3-7-22-49)42-65(57)73(61-29-12-9-24-52(61)59-27-14-16-37-70-59)63-31-18-32-64(67(63)69)74(66)62-30-13-10-25-53(62)60-28-15-17-38-71-60/h2-34,37-38,42-47H,35-36,39-41H2,1H3. The quantitative estimate of drug-likeness (QED) is 0.149. The van der Waals surface area contributed by atoms with E-state index >= 15 is 0 Å². The minimum Gasteiger partial charge on any atom is -0.311 e. The smallest absolute Gasteiger partial charge is 0.252 e. The van der Waals surface area contributed by atoms with Crippen LogP contribution in [0.1, 0.15) is 50.2 Å². The summed E-state index contributed by atoms with van der Waals surface area (Å²) in [6, 6.07) is 81.0. The number of nitrogens with zero attached hydrogens (tertiary/aromatic N) is 5. The van der Waals surface area contributed by atoms with Crippen molar-refractivity contribution in [1.29, 1.82) is 0 Å². The van der Waals surface area contributed by atoms with E-state index in [4.69, 9.17) is 9.97 Å². The van der Waals surface area contributed by atoms with Gasteiger partial charge in [-0.25, -0.2) is 0 Å². The summed E-state index contributed by atoms with van der Waals surface area (Å²) in [6.07, 6.45) is 10.2. The molecule has 8 aromatic carbocycles. The van der Waals surface area contributed by atoms with Crippen LogP contribution in [-0.2, 0) is 5.41 Å². The Morgan fingerprint density at radius 3 is 1.65 bits per heavy atom. The molecular formula is C68H54BN5. The molecule has 2 aromatic heterocycles. The Labute approximate surface area is 434 Å². The highest BCUT2D eigenvalue weighted by Crippen LogP contribution is 2.63. The molecule has 74 heavy (non-hydrogen) atoms. The SMILES string of the molecule is CC1CC2CCC3(c4ccccc4-c4cc5c(cc43)B3c4ccc(N(c6ccccc6)c6ccccc6)cc4N(c4ccccc4-c4ccccn4)c4cccc(c43)N5c3ccccc3-c3ccccn3)C(C1)C2. The molecule has 2 bridgehead atoms. The summed E-state index contributed by atoms with van der Waals surface area (Å²) in [7, 11) is 0. The molecule has 15 rings (SSSR count). The second-order valence-corrected chi connectivity index (χ2v) is 21.4. The first-order chi connectivity index (χ1) is 36.6. The van der Waals surface area contributed by atoms with E-state index in [-0.39, 0.29) is 12.1 Å². The summed E-state index contributed by atoms with van der Waals surface area (Å²) in [4.78, 5) is 17.5. The van der Waals surface area contributed by atoms with Crippen molar-refractivity contribution in [2.45, 2.75) is 44.4 Å². The number of fused-ring (bicyclic) bond motifs is 12. The molecule has 0 radical (unpaired) electrons. The Bertz CT molecular complexity index is 3750. The molecule has 5 nitrogen and oxygen atoms in total. The number of rotatable bonds is 7. The van der Waals surface area contributed by atoms with Gasteiger partial charge >= 0.3 is 0 Å². The van der Waals surface area contributed by atoms with Crippen LogP contribution in [0.4, 0.5) is 51.2 Å². The number of para-hydroxylation sites is 4. The van der Waals surface area contributed by atoms with Crippen LogP contribution in [0, 0.1) is 17.8 Å². The second-order valence-electron chi connectivity index (χ2n) is 21.4. The Morgan fingerprint density at radius 2 is 1.01 bits per heavy atom. The number of aromatic nitrogens is 2. The van der Waals surface area contributed by atoms with Gasteiger partial charge in [0, 0.05) is 68.7 Å². The maximum Gasteiger partial charge on any atom is 0.252 e. The van der Waals surface area contributed by atoms with E-state index in [1.807, 2.05) is 24.5 Å². The lowest BCUT2D eigenvalue weighted by molar-refractivity contribution is 0.0856. The van der Waals surface area contributed by atoms with Crippen molar-refractivity contribution in [2.75, 3.05) is 14.7 Å². The molecular weight excluding hydrogens is 898 g/mol. The van der Waals surface area contributed by atoms with Crippen LogP contribution in [0.2, 0.25) is 0 Å². The molecule has 0 N–H and O–H groups in total.